The molecule has 380 valence electrons. The Labute approximate surface area is 401 Å². The molecule has 0 spiro atoms. The van der Waals surface area contributed by atoms with Crippen molar-refractivity contribution in [3.8, 4) is 0 Å². The SMILES string of the molecule is CC(NC(=O)C(CC(=O)O)NC(=O)C(CCCN=C(N)N)NC(=O)C(CC(=O)O)NC(=O)CCC(NC(=O)c1ccc(NCc2cnc3c(n2)C(=O)NC(N)N3)cc1)C(=O)O)C(=O)NC(CS)C(=O)O. The number of carboxylic acids is 4. The van der Waals surface area contributed by atoms with E-state index in [9.17, 15) is 73.2 Å². The molecule has 70 heavy (non-hydrogen) atoms. The molecule has 1 aliphatic rings. The molecule has 7 atom stereocenters. The lowest BCUT2D eigenvalue weighted by molar-refractivity contribution is -0.143. The molecule has 0 saturated heterocycles. The Morgan fingerprint density at radius 3 is 1.90 bits per heavy atom. The number of amides is 7. The first kappa shape index (κ1) is 56.0. The molecule has 31 heteroatoms. The second kappa shape index (κ2) is 26.9. The Bertz CT molecular complexity index is 2330. The van der Waals surface area contributed by atoms with E-state index in [0.29, 0.717) is 11.4 Å². The summed E-state index contributed by atoms with van der Waals surface area (Å²) in [5, 5.41) is 59.4. The highest BCUT2D eigenvalue weighted by Gasteiger charge is 2.33. The predicted octanol–water partition coefficient (Wildman–Crippen LogP) is -5.09. The van der Waals surface area contributed by atoms with Crippen molar-refractivity contribution in [2.75, 3.05) is 22.9 Å². The van der Waals surface area contributed by atoms with Gasteiger partial charge in [-0.05, 0) is 50.5 Å². The van der Waals surface area contributed by atoms with Crippen LogP contribution in [0.2, 0.25) is 0 Å². The first-order valence-electron chi connectivity index (χ1n) is 20.9. The number of nitrogens with two attached hydrogens (primary N) is 3. The van der Waals surface area contributed by atoms with Crippen molar-refractivity contribution >= 4 is 95.3 Å². The first-order valence-corrected chi connectivity index (χ1v) is 21.5. The van der Waals surface area contributed by atoms with Gasteiger partial charge in [0.05, 0.1) is 31.3 Å². The zero-order chi connectivity index (χ0) is 52.2. The number of carbonyl (C=O) groups excluding carboxylic acids is 7. The Hall–Kier alpha value is -8.35. The van der Waals surface area contributed by atoms with E-state index in [4.69, 9.17) is 17.2 Å². The molecule has 7 amide bonds. The number of guanidine groups is 1. The van der Waals surface area contributed by atoms with Crippen LogP contribution in [-0.2, 0) is 49.7 Å². The highest BCUT2D eigenvalue weighted by atomic mass is 32.1. The van der Waals surface area contributed by atoms with Crippen LogP contribution in [0, 0.1) is 0 Å². The number of anilines is 2. The van der Waals surface area contributed by atoms with Crippen LogP contribution in [0.4, 0.5) is 11.5 Å². The summed E-state index contributed by atoms with van der Waals surface area (Å²) in [4.78, 5) is 150. The molecule has 1 aromatic heterocycles. The first-order chi connectivity index (χ1) is 33.0. The molecule has 19 N–H and O–H groups in total. The second-order valence-electron chi connectivity index (χ2n) is 15.2. The fourth-order valence-corrected chi connectivity index (χ4v) is 6.33. The van der Waals surface area contributed by atoms with E-state index in [0.717, 1.165) is 6.92 Å². The second-order valence-corrected chi connectivity index (χ2v) is 15.6. The van der Waals surface area contributed by atoms with Gasteiger partial charge in [0.2, 0.25) is 29.5 Å². The van der Waals surface area contributed by atoms with Gasteiger partial charge in [0.1, 0.15) is 36.3 Å². The number of hydrogen-bond acceptors (Lipinski definition) is 18. The van der Waals surface area contributed by atoms with Crippen molar-refractivity contribution in [1.29, 1.82) is 0 Å². The number of thiol groups is 1. The zero-order valence-electron chi connectivity index (χ0n) is 37.1. The van der Waals surface area contributed by atoms with Gasteiger partial charge >= 0.3 is 23.9 Å². The van der Waals surface area contributed by atoms with E-state index in [2.05, 4.69) is 75.4 Å². The van der Waals surface area contributed by atoms with E-state index >= 15 is 0 Å². The summed E-state index contributed by atoms with van der Waals surface area (Å²) in [6.07, 6.45) is -3.09. The fraction of sp³-hybridized carbons (Fsp3) is 0.436. The van der Waals surface area contributed by atoms with E-state index in [1.54, 1.807) is 0 Å². The topological polar surface area (TPSA) is 493 Å². The number of nitrogens with one attached hydrogen (secondary N) is 9. The van der Waals surface area contributed by atoms with Crippen molar-refractivity contribution in [3.63, 3.8) is 0 Å². The van der Waals surface area contributed by atoms with Gasteiger partial charge in [-0.25, -0.2) is 19.6 Å². The summed E-state index contributed by atoms with van der Waals surface area (Å²) in [5.41, 5.74) is 17.3. The van der Waals surface area contributed by atoms with Gasteiger partial charge in [-0.15, -0.1) is 0 Å². The maximum absolute atomic E-state index is 13.6. The third-order valence-electron chi connectivity index (χ3n) is 9.67. The lowest BCUT2D eigenvalue weighted by atomic mass is 10.1. The maximum Gasteiger partial charge on any atom is 0.327 e. The molecule has 0 aliphatic carbocycles. The minimum Gasteiger partial charge on any atom is -0.481 e. The summed E-state index contributed by atoms with van der Waals surface area (Å²) < 4.78 is 0. The molecular weight excluding hydrogens is 951 g/mol. The number of aromatic nitrogens is 2. The van der Waals surface area contributed by atoms with Gasteiger partial charge < -0.3 is 79.7 Å². The Morgan fingerprint density at radius 2 is 1.31 bits per heavy atom. The summed E-state index contributed by atoms with van der Waals surface area (Å²) >= 11 is 3.83. The summed E-state index contributed by atoms with van der Waals surface area (Å²) in [6, 6.07) is -4.27. The Balaban J connectivity index is 1.66. The summed E-state index contributed by atoms with van der Waals surface area (Å²) in [7, 11) is 0. The van der Waals surface area contributed by atoms with Crippen molar-refractivity contribution in [2.24, 2.45) is 22.2 Å². The highest BCUT2D eigenvalue weighted by Crippen LogP contribution is 2.16. The van der Waals surface area contributed by atoms with Crippen LogP contribution in [-0.4, -0.2) is 156 Å². The number of fused-ring (bicyclic) bond motifs is 1. The minimum absolute atomic E-state index is 0.0245. The third kappa shape index (κ3) is 18.4. The monoisotopic (exact) mass is 1000 g/mol. The molecule has 2 aromatic rings. The third-order valence-corrected chi connectivity index (χ3v) is 10.0. The van der Waals surface area contributed by atoms with Gasteiger partial charge in [0.25, 0.3) is 11.8 Å². The normalized spacial score (nSPS) is 15.1. The molecule has 3 rings (SSSR count). The van der Waals surface area contributed by atoms with Crippen molar-refractivity contribution in [1.82, 2.24) is 47.2 Å². The van der Waals surface area contributed by atoms with Crippen LogP contribution in [0.5, 0.6) is 0 Å². The molecule has 2 heterocycles. The number of nitrogens with zero attached hydrogens (tertiary/aromatic N) is 3. The number of aliphatic imine (C=N–C) groups is 1. The van der Waals surface area contributed by atoms with Gasteiger partial charge in [0.15, 0.2) is 23.8 Å². The maximum atomic E-state index is 13.6. The van der Waals surface area contributed by atoms with E-state index < -0.39 is 133 Å². The average molecular weight is 1000 g/mol. The fourth-order valence-electron chi connectivity index (χ4n) is 6.09. The quantitative estimate of drug-likeness (QED) is 0.0164. The van der Waals surface area contributed by atoms with Crippen LogP contribution in [0.25, 0.3) is 0 Å². The standard InChI is InChI=1S/C39H53N15O15S/c1-16(30(60)52-24(15-70)37(68)69)46-33(63)23(12-27(58)59)51-32(62)20(3-2-10-43-38(40)41)49-34(64)22(11-26(56)57)48-25(55)9-8-21(36(66)67)50-31(61)17-4-6-18(7-5-17)44-13-19-14-45-29-28(47-19)35(65)54-39(42)53-29/h4-7,14,16,20-24,39,44,70H,2-3,8-13,15,42H2,1H3,(H,45,53)(H,46,63)(H,48,55)(H,49,64)(H,50,61)(H,51,62)(H,52,60)(H,54,65)(H,56,57)(H,58,59)(H,66,67)(H,68,69)(H4,40,41,43). The molecule has 0 bridgehead atoms. The number of rotatable bonds is 28. The number of carbonyl (C=O) groups is 11. The summed E-state index contributed by atoms with van der Waals surface area (Å²) in [5.74, 6) is -13.7. The van der Waals surface area contributed by atoms with Gasteiger partial charge in [-0.1, -0.05) is 0 Å². The van der Waals surface area contributed by atoms with Gasteiger partial charge in [-0.3, -0.25) is 53.9 Å². The molecule has 1 aliphatic heterocycles. The number of hydrogen-bond donors (Lipinski definition) is 17. The van der Waals surface area contributed by atoms with E-state index in [1.807, 2.05) is 0 Å². The molecule has 30 nitrogen and oxygen atoms in total. The molecule has 0 saturated carbocycles. The van der Waals surface area contributed by atoms with E-state index in [1.165, 1.54) is 30.5 Å². The number of benzene rings is 1. The zero-order valence-corrected chi connectivity index (χ0v) is 38.0. The molecule has 1 aromatic carbocycles. The lowest BCUT2D eigenvalue weighted by Crippen LogP contribution is -2.59. The summed E-state index contributed by atoms with van der Waals surface area (Å²) in [6.45, 7) is 1.15. The number of carboxylic acid groups (broad SMARTS) is 4. The molecule has 7 unspecified atom stereocenters. The van der Waals surface area contributed by atoms with Crippen molar-refractivity contribution in [2.45, 2.75) is 94.5 Å². The van der Waals surface area contributed by atoms with Crippen molar-refractivity contribution < 1.29 is 73.2 Å². The minimum atomic E-state index is -1.90. The lowest BCUT2D eigenvalue weighted by Gasteiger charge is -2.25. The van der Waals surface area contributed by atoms with Crippen LogP contribution >= 0.6 is 12.6 Å². The Morgan fingerprint density at radius 1 is 0.743 bits per heavy atom. The van der Waals surface area contributed by atoms with Gasteiger partial charge in [0, 0.05) is 30.0 Å². The molecular formula is C39H53N15O15S. The predicted molar refractivity (Wildman–Crippen MR) is 244 cm³/mol. The van der Waals surface area contributed by atoms with Crippen LogP contribution in [0.1, 0.15) is 72.0 Å². The largest absolute Gasteiger partial charge is 0.481 e. The smallest absolute Gasteiger partial charge is 0.327 e. The molecule has 0 radical (unpaired) electrons. The van der Waals surface area contributed by atoms with E-state index in [-0.39, 0.29) is 54.7 Å². The van der Waals surface area contributed by atoms with Crippen LogP contribution in [0.15, 0.2) is 35.5 Å². The average Bonchev–Trinajstić information content (AvgIpc) is 3.28. The Kier molecular flexibility index (Phi) is 21.5. The highest BCUT2D eigenvalue weighted by molar-refractivity contribution is 7.80. The van der Waals surface area contributed by atoms with Crippen LogP contribution in [0.3, 0.4) is 0 Å². The number of aliphatic carboxylic acids is 4. The van der Waals surface area contributed by atoms with Crippen molar-refractivity contribution in [3.05, 3.63) is 47.4 Å². The molecule has 0 fully saturated rings. The van der Waals surface area contributed by atoms with Gasteiger partial charge in [-0.2, -0.15) is 12.6 Å². The van der Waals surface area contributed by atoms with Crippen LogP contribution < -0.4 is 65.1 Å².